The Bertz CT molecular complexity index is 362. The minimum absolute atomic E-state index is 0.0203. The maximum Gasteiger partial charge on any atom is 0.232 e. The van der Waals surface area contributed by atoms with Gasteiger partial charge in [0.2, 0.25) is 5.91 Å². The van der Waals surface area contributed by atoms with E-state index in [-0.39, 0.29) is 33.9 Å². The first-order chi connectivity index (χ1) is 8.45. The molecule has 1 aliphatic heterocycles. The first kappa shape index (κ1) is 16.4. The standard InChI is InChI=1S/C14H26N2O2S/c1-9(2)10(11(15)19)12(17)16-7-13(3,4)18-14(5,6)8-16/h9-10H,7-8H2,1-6H3,(H2,15,19). The molecule has 2 N–H and O–H groups in total. The molecule has 5 heteroatoms. The average Bonchev–Trinajstić information content (AvgIpc) is 2.10. The molecule has 4 nitrogen and oxygen atoms in total. The van der Waals surface area contributed by atoms with E-state index in [2.05, 4.69) is 0 Å². The number of hydrogen-bond donors (Lipinski definition) is 1. The molecule has 0 aliphatic carbocycles. The fourth-order valence-corrected chi connectivity index (χ4v) is 3.25. The van der Waals surface area contributed by atoms with Crippen LogP contribution >= 0.6 is 12.2 Å². The van der Waals surface area contributed by atoms with Crippen molar-refractivity contribution in [3.63, 3.8) is 0 Å². The molecule has 1 heterocycles. The molecule has 0 aromatic rings. The van der Waals surface area contributed by atoms with Crippen molar-refractivity contribution in [1.82, 2.24) is 4.90 Å². The highest BCUT2D eigenvalue weighted by Crippen LogP contribution is 2.29. The van der Waals surface area contributed by atoms with Crippen LogP contribution in [0.15, 0.2) is 0 Å². The third-order valence-corrected chi connectivity index (χ3v) is 3.50. The predicted molar refractivity (Wildman–Crippen MR) is 80.9 cm³/mol. The fraction of sp³-hybridized carbons (Fsp3) is 0.857. The number of hydrogen-bond acceptors (Lipinski definition) is 3. The molecular formula is C14H26N2O2S. The molecular weight excluding hydrogens is 260 g/mol. The van der Waals surface area contributed by atoms with E-state index in [1.807, 2.05) is 46.4 Å². The van der Waals surface area contributed by atoms with Crippen molar-refractivity contribution in [2.45, 2.75) is 52.7 Å². The molecule has 1 atom stereocenters. The lowest BCUT2D eigenvalue weighted by Crippen LogP contribution is -2.60. The van der Waals surface area contributed by atoms with Crippen LogP contribution in [0, 0.1) is 11.8 Å². The van der Waals surface area contributed by atoms with Crippen molar-refractivity contribution in [1.29, 1.82) is 0 Å². The molecule has 19 heavy (non-hydrogen) atoms. The number of ether oxygens (including phenoxy) is 1. The van der Waals surface area contributed by atoms with E-state index in [0.717, 1.165) is 0 Å². The lowest BCUT2D eigenvalue weighted by molar-refractivity contribution is -0.189. The second-order valence-corrected chi connectivity index (χ2v) is 7.41. The zero-order valence-electron chi connectivity index (χ0n) is 12.8. The van der Waals surface area contributed by atoms with Gasteiger partial charge in [-0.2, -0.15) is 0 Å². The Labute approximate surface area is 121 Å². The summed E-state index contributed by atoms with van der Waals surface area (Å²) < 4.78 is 5.98. The molecule has 0 spiro atoms. The summed E-state index contributed by atoms with van der Waals surface area (Å²) in [5.41, 5.74) is 5.03. The van der Waals surface area contributed by atoms with Crippen LogP contribution in [0.5, 0.6) is 0 Å². The van der Waals surface area contributed by atoms with Gasteiger partial charge in [-0.05, 0) is 33.6 Å². The van der Waals surface area contributed by atoms with Crippen molar-refractivity contribution in [3.05, 3.63) is 0 Å². The maximum absolute atomic E-state index is 12.7. The lowest BCUT2D eigenvalue weighted by atomic mass is 9.91. The van der Waals surface area contributed by atoms with E-state index in [4.69, 9.17) is 22.7 Å². The largest absolute Gasteiger partial charge is 0.393 e. The van der Waals surface area contributed by atoms with Crippen molar-refractivity contribution in [2.24, 2.45) is 17.6 Å². The van der Waals surface area contributed by atoms with E-state index in [1.54, 1.807) is 0 Å². The van der Waals surface area contributed by atoms with Crippen LogP contribution in [-0.4, -0.2) is 40.1 Å². The Hall–Kier alpha value is -0.680. The summed E-state index contributed by atoms with van der Waals surface area (Å²) in [6.07, 6.45) is 0. The summed E-state index contributed by atoms with van der Waals surface area (Å²) in [5.74, 6) is -0.259. The Morgan fingerprint density at radius 1 is 1.21 bits per heavy atom. The van der Waals surface area contributed by atoms with E-state index in [1.165, 1.54) is 0 Å². The number of rotatable bonds is 3. The highest BCUT2D eigenvalue weighted by molar-refractivity contribution is 7.80. The monoisotopic (exact) mass is 286 g/mol. The van der Waals surface area contributed by atoms with Gasteiger partial charge in [-0.3, -0.25) is 4.79 Å². The van der Waals surface area contributed by atoms with Crippen molar-refractivity contribution >= 4 is 23.1 Å². The number of nitrogens with zero attached hydrogens (tertiary/aromatic N) is 1. The number of nitrogens with two attached hydrogens (primary N) is 1. The minimum Gasteiger partial charge on any atom is -0.393 e. The summed E-state index contributed by atoms with van der Waals surface area (Å²) in [7, 11) is 0. The first-order valence-corrected chi connectivity index (χ1v) is 7.14. The summed E-state index contributed by atoms with van der Waals surface area (Å²) >= 11 is 5.05. The molecule has 1 rings (SSSR count). The van der Waals surface area contributed by atoms with Gasteiger partial charge in [-0.15, -0.1) is 0 Å². The average molecular weight is 286 g/mol. The topological polar surface area (TPSA) is 55.6 Å². The third-order valence-electron chi connectivity index (χ3n) is 3.25. The van der Waals surface area contributed by atoms with Gasteiger partial charge in [0.05, 0.1) is 22.1 Å². The van der Waals surface area contributed by atoms with Crippen LogP contribution in [0.4, 0.5) is 0 Å². The third kappa shape index (κ3) is 4.14. The highest BCUT2D eigenvalue weighted by Gasteiger charge is 2.42. The van der Waals surface area contributed by atoms with Crippen LogP contribution in [0.1, 0.15) is 41.5 Å². The van der Waals surface area contributed by atoms with E-state index in [0.29, 0.717) is 13.1 Å². The number of carbonyl (C=O) groups excluding carboxylic acids is 1. The highest BCUT2D eigenvalue weighted by atomic mass is 32.1. The Morgan fingerprint density at radius 3 is 1.95 bits per heavy atom. The summed E-state index contributed by atoms with van der Waals surface area (Å²) in [4.78, 5) is 14.8. The van der Waals surface area contributed by atoms with Gasteiger partial charge in [-0.25, -0.2) is 0 Å². The van der Waals surface area contributed by atoms with Crippen molar-refractivity contribution in [2.75, 3.05) is 13.1 Å². The predicted octanol–water partition coefficient (Wildman–Crippen LogP) is 1.96. The van der Waals surface area contributed by atoms with Crippen LogP contribution in [0.3, 0.4) is 0 Å². The first-order valence-electron chi connectivity index (χ1n) is 6.73. The van der Waals surface area contributed by atoms with Crippen LogP contribution in [0.2, 0.25) is 0 Å². The molecule has 0 radical (unpaired) electrons. The number of thiocarbonyl (C=S) groups is 1. The van der Waals surface area contributed by atoms with Crippen LogP contribution in [-0.2, 0) is 9.53 Å². The van der Waals surface area contributed by atoms with Gasteiger partial charge in [-0.1, -0.05) is 26.1 Å². The van der Waals surface area contributed by atoms with Gasteiger partial charge < -0.3 is 15.4 Å². The van der Waals surface area contributed by atoms with Gasteiger partial charge >= 0.3 is 0 Å². The Kier molecular flexibility index (Phi) is 4.62. The van der Waals surface area contributed by atoms with Gasteiger partial charge in [0.25, 0.3) is 0 Å². The van der Waals surface area contributed by atoms with E-state index < -0.39 is 0 Å². The Balaban J connectivity index is 2.95. The molecule has 110 valence electrons. The van der Waals surface area contributed by atoms with Gasteiger partial charge in [0.1, 0.15) is 0 Å². The van der Waals surface area contributed by atoms with Crippen LogP contribution in [0.25, 0.3) is 0 Å². The SMILES string of the molecule is CC(C)C(C(=O)N1CC(C)(C)OC(C)(C)C1)C(N)=S. The molecule has 1 fully saturated rings. The lowest BCUT2D eigenvalue weighted by Gasteiger charge is -2.48. The number of morpholine rings is 1. The Morgan fingerprint density at radius 2 is 1.63 bits per heavy atom. The van der Waals surface area contributed by atoms with Crippen molar-refractivity contribution in [3.8, 4) is 0 Å². The second-order valence-electron chi connectivity index (χ2n) is 6.94. The molecule has 0 bridgehead atoms. The molecule has 1 unspecified atom stereocenters. The minimum atomic E-state index is -0.389. The van der Waals surface area contributed by atoms with E-state index >= 15 is 0 Å². The summed E-state index contributed by atoms with van der Waals surface area (Å²) in [6.45, 7) is 13.1. The molecule has 1 saturated heterocycles. The van der Waals surface area contributed by atoms with Gasteiger partial charge in [0, 0.05) is 13.1 Å². The zero-order valence-corrected chi connectivity index (χ0v) is 13.6. The molecule has 0 aromatic carbocycles. The fourth-order valence-electron chi connectivity index (χ4n) is 2.88. The normalized spacial score (nSPS) is 23.2. The van der Waals surface area contributed by atoms with Crippen LogP contribution < -0.4 is 5.73 Å². The van der Waals surface area contributed by atoms with Crippen molar-refractivity contribution < 1.29 is 9.53 Å². The summed E-state index contributed by atoms with van der Waals surface area (Å²) in [5, 5.41) is 0. The van der Waals surface area contributed by atoms with E-state index in [9.17, 15) is 4.79 Å². The number of carbonyl (C=O) groups is 1. The second kappa shape index (κ2) is 5.37. The molecule has 1 amide bonds. The molecule has 0 saturated carbocycles. The number of amides is 1. The quantitative estimate of drug-likeness (QED) is 0.806. The zero-order chi connectivity index (χ0) is 15.0. The summed E-state index contributed by atoms with van der Waals surface area (Å²) in [6, 6.07) is 0. The smallest absolute Gasteiger partial charge is 0.232 e. The molecule has 0 aromatic heterocycles. The molecule has 1 aliphatic rings. The maximum atomic E-state index is 12.7. The van der Waals surface area contributed by atoms with Gasteiger partial charge in [0.15, 0.2) is 0 Å².